The predicted octanol–water partition coefficient (Wildman–Crippen LogP) is -0.0678. The molecule has 4 nitrogen and oxygen atoms in total. The molecule has 2 atom stereocenters. The van der Waals surface area contributed by atoms with Crippen LogP contribution in [0.5, 0.6) is 0 Å². The van der Waals surface area contributed by atoms with Gasteiger partial charge in [-0.15, -0.1) is 0 Å². The number of esters is 1. The van der Waals surface area contributed by atoms with Gasteiger partial charge in [0.05, 0.1) is 24.5 Å². The topological polar surface area (TPSA) is 60.4 Å². The highest BCUT2D eigenvalue weighted by atomic mass is 32.2. The predicted molar refractivity (Wildman–Crippen MR) is 43.7 cm³/mol. The summed E-state index contributed by atoms with van der Waals surface area (Å²) in [5, 5.41) is 0. The summed E-state index contributed by atoms with van der Waals surface area (Å²) in [4.78, 5) is 10.9. The maximum atomic E-state index is 13.1. The first-order chi connectivity index (χ1) is 5.96. The fourth-order valence-electron chi connectivity index (χ4n) is 1.35. The van der Waals surface area contributed by atoms with Crippen molar-refractivity contribution in [3.05, 3.63) is 0 Å². The van der Waals surface area contributed by atoms with Crippen LogP contribution in [0.2, 0.25) is 0 Å². The first-order valence-corrected chi connectivity index (χ1v) is 5.71. The Kier molecular flexibility index (Phi) is 2.90. The minimum absolute atomic E-state index is 0.0240. The molecule has 1 saturated heterocycles. The van der Waals surface area contributed by atoms with Crippen LogP contribution in [0.3, 0.4) is 0 Å². The lowest BCUT2D eigenvalue weighted by Gasteiger charge is -2.23. The van der Waals surface area contributed by atoms with Gasteiger partial charge in [0, 0.05) is 0 Å². The summed E-state index contributed by atoms with van der Waals surface area (Å²) in [6, 6.07) is 0. The molecule has 0 radical (unpaired) electrons. The molecule has 1 aliphatic heterocycles. The van der Waals surface area contributed by atoms with Crippen molar-refractivity contribution in [2.24, 2.45) is 5.92 Å². The Morgan fingerprint density at radius 3 is 2.62 bits per heavy atom. The van der Waals surface area contributed by atoms with Crippen molar-refractivity contribution in [1.29, 1.82) is 0 Å². The number of carbonyl (C=O) groups excluding carboxylic acids is 1. The number of hydrogen-bond acceptors (Lipinski definition) is 4. The molecule has 1 aliphatic rings. The summed E-state index contributed by atoms with van der Waals surface area (Å²) in [5.74, 6) is -2.27. The summed E-state index contributed by atoms with van der Waals surface area (Å²) in [6.45, 7) is 0. The molecule has 6 heteroatoms. The molecule has 0 unspecified atom stereocenters. The van der Waals surface area contributed by atoms with E-state index in [2.05, 4.69) is 4.74 Å². The third-order valence-electron chi connectivity index (χ3n) is 2.09. The zero-order valence-electron chi connectivity index (χ0n) is 7.20. The second kappa shape index (κ2) is 3.61. The largest absolute Gasteiger partial charge is 0.469 e. The lowest BCUT2D eigenvalue weighted by Crippen LogP contribution is -2.38. The molecule has 13 heavy (non-hydrogen) atoms. The van der Waals surface area contributed by atoms with Gasteiger partial charge in [0.2, 0.25) is 0 Å². The van der Waals surface area contributed by atoms with E-state index in [1.165, 1.54) is 0 Å². The van der Waals surface area contributed by atoms with Gasteiger partial charge in [0.25, 0.3) is 0 Å². The zero-order chi connectivity index (χ0) is 10.1. The zero-order valence-corrected chi connectivity index (χ0v) is 8.01. The van der Waals surface area contributed by atoms with E-state index in [1.807, 2.05) is 0 Å². The van der Waals surface area contributed by atoms with Crippen molar-refractivity contribution < 1.29 is 22.3 Å². The van der Waals surface area contributed by atoms with Crippen molar-refractivity contribution in [2.45, 2.75) is 12.6 Å². The van der Waals surface area contributed by atoms with Crippen LogP contribution in [0, 0.1) is 5.92 Å². The Labute approximate surface area is 76.0 Å². The first kappa shape index (κ1) is 10.4. The maximum Gasteiger partial charge on any atom is 0.311 e. The summed E-state index contributed by atoms with van der Waals surface area (Å²) >= 11 is 0. The molecule has 0 spiro atoms. The van der Waals surface area contributed by atoms with Crippen LogP contribution in [0.15, 0.2) is 0 Å². The molecule has 0 aromatic heterocycles. The Hall–Kier alpha value is -0.650. The molecule has 0 N–H and O–H groups in total. The molecule has 1 fully saturated rings. The average Bonchev–Trinajstić information content (AvgIpc) is 2.01. The lowest BCUT2D eigenvalue weighted by molar-refractivity contribution is -0.147. The Balaban J connectivity index is 2.69. The molecule has 0 aliphatic carbocycles. The summed E-state index contributed by atoms with van der Waals surface area (Å²) < 4.78 is 39.3. The van der Waals surface area contributed by atoms with Gasteiger partial charge in [-0.05, 0) is 6.42 Å². The van der Waals surface area contributed by atoms with Gasteiger partial charge in [0.15, 0.2) is 9.84 Å². The fourth-order valence-corrected chi connectivity index (χ4v) is 2.84. The van der Waals surface area contributed by atoms with E-state index in [9.17, 15) is 17.6 Å². The van der Waals surface area contributed by atoms with E-state index in [0.29, 0.717) is 0 Å². The van der Waals surface area contributed by atoms with Crippen molar-refractivity contribution in [3.8, 4) is 0 Å². The highest BCUT2D eigenvalue weighted by molar-refractivity contribution is 7.91. The maximum absolute atomic E-state index is 13.1. The third-order valence-corrected chi connectivity index (χ3v) is 3.78. The number of halogens is 1. The van der Waals surface area contributed by atoms with Gasteiger partial charge in [-0.1, -0.05) is 0 Å². The number of hydrogen-bond donors (Lipinski definition) is 0. The normalized spacial score (nSPS) is 32.5. The first-order valence-electron chi connectivity index (χ1n) is 3.88. The molecule has 1 rings (SSSR count). The smallest absolute Gasteiger partial charge is 0.311 e. The highest BCUT2D eigenvalue weighted by Crippen LogP contribution is 2.23. The minimum atomic E-state index is -3.29. The van der Waals surface area contributed by atoms with Crippen LogP contribution in [0.4, 0.5) is 4.39 Å². The molecule has 0 aromatic carbocycles. The Bertz CT molecular complexity index is 298. The van der Waals surface area contributed by atoms with Gasteiger partial charge in [-0.3, -0.25) is 4.79 Å². The summed E-state index contributed by atoms with van der Waals surface area (Å²) in [7, 11) is -2.12. The number of methoxy groups -OCH3 is 1. The molecule has 0 saturated carbocycles. The van der Waals surface area contributed by atoms with Gasteiger partial charge < -0.3 is 4.74 Å². The standard InChI is InChI=1S/C7H11FO4S/c1-12-7(9)5-2-3-13(10,11)4-6(5)8/h5-6H,2-4H2,1H3/t5-,6+/m0/s1. The van der Waals surface area contributed by atoms with E-state index in [4.69, 9.17) is 0 Å². The van der Waals surface area contributed by atoms with Crippen molar-refractivity contribution >= 4 is 15.8 Å². The van der Waals surface area contributed by atoms with E-state index >= 15 is 0 Å². The Morgan fingerprint density at radius 2 is 2.15 bits per heavy atom. The molecule has 0 amide bonds. The van der Waals surface area contributed by atoms with Crippen LogP contribution in [0.1, 0.15) is 6.42 Å². The quantitative estimate of drug-likeness (QED) is 0.568. The minimum Gasteiger partial charge on any atom is -0.469 e. The van der Waals surface area contributed by atoms with Crippen LogP contribution in [-0.2, 0) is 19.4 Å². The Morgan fingerprint density at radius 1 is 1.54 bits per heavy atom. The highest BCUT2D eigenvalue weighted by Gasteiger charge is 2.38. The molecular formula is C7H11FO4S. The summed E-state index contributed by atoms with van der Waals surface area (Å²) in [6.07, 6.45) is -1.60. The van der Waals surface area contributed by atoms with Gasteiger partial charge >= 0.3 is 5.97 Å². The van der Waals surface area contributed by atoms with Gasteiger partial charge in [-0.25, -0.2) is 12.8 Å². The fraction of sp³-hybridized carbons (Fsp3) is 0.857. The molecule has 1 heterocycles. The van der Waals surface area contributed by atoms with E-state index in [0.717, 1.165) is 7.11 Å². The van der Waals surface area contributed by atoms with Gasteiger partial charge in [0.1, 0.15) is 6.17 Å². The van der Waals surface area contributed by atoms with Crippen LogP contribution < -0.4 is 0 Å². The lowest BCUT2D eigenvalue weighted by atomic mass is 10.0. The number of alkyl halides is 1. The SMILES string of the molecule is COC(=O)[C@H]1CCS(=O)(=O)C[C@H]1F. The van der Waals surface area contributed by atoms with Crippen molar-refractivity contribution in [3.63, 3.8) is 0 Å². The number of carbonyl (C=O) groups is 1. The van der Waals surface area contributed by atoms with E-state index < -0.39 is 33.6 Å². The number of ether oxygens (including phenoxy) is 1. The summed E-state index contributed by atoms with van der Waals surface area (Å²) in [5.41, 5.74) is 0. The second-order valence-corrected chi connectivity index (χ2v) is 5.28. The number of rotatable bonds is 1. The van der Waals surface area contributed by atoms with Crippen molar-refractivity contribution in [2.75, 3.05) is 18.6 Å². The van der Waals surface area contributed by atoms with Crippen LogP contribution >= 0.6 is 0 Å². The molecule has 0 aromatic rings. The average molecular weight is 210 g/mol. The molecular weight excluding hydrogens is 199 g/mol. The van der Waals surface area contributed by atoms with Crippen LogP contribution in [-0.4, -0.2) is 39.2 Å². The van der Waals surface area contributed by atoms with E-state index in [1.54, 1.807) is 0 Å². The molecule has 76 valence electrons. The molecule has 0 bridgehead atoms. The van der Waals surface area contributed by atoms with Gasteiger partial charge in [-0.2, -0.15) is 0 Å². The second-order valence-electron chi connectivity index (χ2n) is 3.05. The third kappa shape index (κ3) is 2.40. The monoisotopic (exact) mass is 210 g/mol. The van der Waals surface area contributed by atoms with Crippen molar-refractivity contribution in [1.82, 2.24) is 0 Å². The van der Waals surface area contributed by atoms with E-state index in [-0.39, 0.29) is 12.2 Å². The number of sulfone groups is 1. The van der Waals surface area contributed by atoms with Crippen LogP contribution in [0.25, 0.3) is 0 Å².